The van der Waals surface area contributed by atoms with Crippen LogP contribution in [0.25, 0.3) is 11.5 Å². The van der Waals surface area contributed by atoms with E-state index in [1.807, 2.05) is 65.0 Å². The Morgan fingerprint density at radius 3 is 2.18 bits per heavy atom. The van der Waals surface area contributed by atoms with Crippen LogP contribution in [-0.4, -0.2) is 19.9 Å². The predicted molar refractivity (Wildman–Crippen MR) is 111 cm³/mol. The van der Waals surface area contributed by atoms with Gasteiger partial charge < -0.3 is 4.42 Å². The smallest absolute Gasteiger partial charge is 0.241 e. The van der Waals surface area contributed by atoms with Gasteiger partial charge in [0.2, 0.25) is 15.9 Å². The fraction of sp³-hybridized carbons (Fsp3) is 0.318. The van der Waals surface area contributed by atoms with Crippen LogP contribution in [-0.2, 0) is 16.4 Å². The minimum atomic E-state index is -3.60. The van der Waals surface area contributed by atoms with E-state index in [2.05, 4.69) is 9.71 Å². The summed E-state index contributed by atoms with van der Waals surface area (Å²) in [5, 5.41) is 0. The largest absolute Gasteiger partial charge is 0.444 e. The van der Waals surface area contributed by atoms with Crippen molar-refractivity contribution in [2.24, 2.45) is 0 Å². The molecule has 0 unspecified atom stereocenters. The van der Waals surface area contributed by atoms with Gasteiger partial charge in [0.1, 0.15) is 6.26 Å². The molecule has 0 saturated heterocycles. The van der Waals surface area contributed by atoms with Crippen molar-refractivity contribution in [1.82, 2.24) is 9.71 Å². The Balaban J connectivity index is 1.71. The lowest BCUT2D eigenvalue weighted by molar-refractivity contribution is 0.570. The van der Waals surface area contributed by atoms with E-state index < -0.39 is 10.0 Å². The quantitative estimate of drug-likeness (QED) is 0.668. The first-order chi connectivity index (χ1) is 13.2. The van der Waals surface area contributed by atoms with Crippen LogP contribution >= 0.6 is 0 Å². The number of aromatic nitrogens is 1. The van der Waals surface area contributed by atoms with Gasteiger partial charge in [-0.25, -0.2) is 18.1 Å². The topological polar surface area (TPSA) is 72.2 Å². The second-order valence-electron chi connectivity index (χ2n) is 7.25. The van der Waals surface area contributed by atoms with E-state index in [9.17, 15) is 8.42 Å². The molecule has 3 aromatic rings. The van der Waals surface area contributed by atoms with Crippen LogP contribution in [0.2, 0.25) is 0 Å². The van der Waals surface area contributed by atoms with Gasteiger partial charge in [-0.15, -0.1) is 0 Å². The summed E-state index contributed by atoms with van der Waals surface area (Å²) >= 11 is 0. The number of sulfonamides is 1. The van der Waals surface area contributed by atoms with E-state index in [0.29, 0.717) is 22.9 Å². The molecule has 1 heterocycles. The average molecular weight is 399 g/mol. The van der Waals surface area contributed by atoms with Crippen LogP contribution in [0.3, 0.4) is 0 Å². The highest BCUT2D eigenvalue weighted by molar-refractivity contribution is 7.89. The zero-order valence-electron chi connectivity index (χ0n) is 17.0. The van der Waals surface area contributed by atoms with Gasteiger partial charge in [-0.2, -0.15) is 0 Å². The highest BCUT2D eigenvalue weighted by atomic mass is 32.2. The first-order valence-corrected chi connectivity index (χ1v) is 10.8. The van der Waals surface area contributed by atoms with E-state index in [0.717, 1.165) is 27.8 Å². The Kier molecular flexibility index (Phi) is 5.72. The fourth-order valence-electron chi connectivity index (χ4n) is 3.22. The molecule has 2 aromatic carbocycles. The fourth-order valence-corrected chi connectivity index (χ4v) is 4.86. The van der Waals surface area contributed by atoms with Crippen molar-refractivity contribution < 1.29 is 12.8 Å². The summed E-state index contributed by atoms with van der Waals surface area (Å²) < 4.78 is 34.0. The molecule has 28 heavy (non-hydrogen) atoms. The van der Waals surface area contributed by atoms with Crippen molar-refractivity contribution in [3.05, 3.63) is 70.1 Å². The van der Waals surface area contributed by atoms with Crippen LogP contribution < -0.4 is 4.72 Å². The normalized spacial score (nSPS) is 11.8. The maximum atomic E-state index is 12.9. The van der Waals surface area contributed by atoms with Gasteiger partial charge in [-0.05, 0) is 69.0 Å². The highest BCUT2D eigenvalue weighted by Gasteiger charge is 2.21. The van der Waals surface area contributed by atoms with Gasteiger partial charge in [-0.1, -0.05) is 23.8 Å². The van der Waals surface area contributed by atoms with Crippen molar-refractivity contribution in [3.63, 3.8) is 0 Å². The van der Waals surface area contributed by atoms with Gasteiger partial charge in [0.05, 0.1) is 10.6 Å². The first kappa shape index (κ1) is 20.3. The third-order valence-electron chi connectivity index (χ3n) is 5.09. The summed E-state index contributed by atoms with van der Waals surface area (Å²) in [5.41, 5.74) is 6.32. The zero-order chi connectivity index (χ0) is 20.5. The number of hydrogen-bond donors (Lipinski definition) is 1. The van der Waals surface area contributed by atoms with Crippen molar-refractivity contribution >= 4 is 10.0 Å². The molecule has 0 fully saturated rings. The molecule has 0 aliphatic carbocycles. The summed E-state index contributed by atoms with van der Waals surface area (Å²) in [4.78, 5) is 4.84. The molecule has 0 bridgehead atoms. The summed E-state index contributed by atoms with van der Waals surface area (Å²) in [5.74, 6) is 0.541. The molecular weight excluding hydrogens is 372 g/mol. The standard InChI is InChI=1S/C22H26N2O3S/c1-14-6-8-19(9-7-14)22-24-20(13-27-22)10-11-23-28(25,26)21-17(4)15(2)12-16(3)18(21)5/h6-9,12-13,23H,10-11H2,1-5H3. The van der Waals surface area contributed by atoms with E-state index >= 15 is 0 Å². The van der Waals surface area contributed by atoms with Gasteiger partial charge in [-0.3, -0.25) is 0 Å². The highest BCUT2D eigenvalue weighted by Crippen LogP contribution is 2.26. The Bertz CT molecular complexity index is 1070. The summed E-state index contributed by atoms with van der Waals surface area (Å²) in [6.07, 6.45) is 2.04. The number of benzene rings is 2. The lowest BCUT2D eigenvalue weighted by atomic mass is 10.0. The minimum Gasteiger partial charge on any atom is -0.444 e. The molecule has 0 amide bonds. The van der Waals surface area contributed by atoms with Crippen molar-refractivity contribution in [1.29, 1.82) is 0 Å². The van der Waals surface area contributed by atoms with Crippen molar-refractivity contribution in [3.8, 4) is 11.5 Å². The number of rotatable bonds is 6. The second-order valence-corrected chi connectivity index (χ2v) is 8.95. The monoisotopic (exact) mass is 398 g/mol. The maximum Gasteiger partial charge on any atom is 0.241 e. The third-order valence-corrected chi connectivity index (χ3v) is 6.82. The predicted octanol–water partition coefficient (Wildman–Crippen LogP) is 4.40. The lowest BCUT2D eigenvalue weighted by Gasteiger charge is -2.16. The molecule has 6 heteroatoms. The Morgan fingerprint density at radius 1 is 0.964 bits per heavy atom. The summed E-state index contributed by atoms with van der Waals surface area (Å²) in [6.45, 7) is 9.85. The molecule has 1 aromatic heterocycles. The molecule has 0 spiro atoms. The second kappa shape index (κ2) is 7.89. The molecule has 0 atom stereocenters. The van der Waals surface area contributed by atoms with Crippen LogP contribution in [0.5, 0.6) is 0 Å². The number of aryl methyl sites for hydroxylation is 3. The minimum absolute atomic E-state index is 0.258. The Labute approximate surface area is 166 Å². The molecule has 1 N–H and O–H groups in total. The number of nitrogens with zero attached hydrogens (tertiary/aromatic N) is 1. The number of nitrogens with one attached hydrogen (secondary N) is 1. The molecule has 0 radical (unpaired) electrons. The van der Waals surface area contributed by atoms with Crippen LogP contribution in [0.1, 0.15) is 33.5 Å². The first-order valence-electron chi connectivity index (χ1n) is 9.27. The van der Waals surface area contributed by atoms with E-state index in [-0.39, 0.29) is 6.54 Å². The van der Waals surface area contributed by atoms with Crippen LogP contribution in [0.15, 0.2) is 45.9 Å². The van der Waals surface area contributed by atoms with Crippen molar-refractivity contribution in [2.75, 3.05) is 6.54 Å². The van der Waals surface area contributed by atoms with E-state index in [1.165, 1.54) is 5.56 Å². The third kappa shape index (κ3) is 4.18. The zero-order valence-corrected chi connectivity index (χ0v) is 17.8. The number of oxazole rings is 1. The molecule has 148 valence electrons. The van der Waals surface area contributed by atoms with Gasteiger partial charge in [0, 0.05) is 18.5 Å². The van der Waals surface area contributed by atoms with Crippen LogP contribution in [0.4, 0.5) is 0 Å². The molecular formula is C22H26N2O3S. The van der Waals surface area contributed by atoms with Gasteiger partial charge in [0.25, 0.3) is 0 Å². The average Bonchev–Trinajstić information content (AvgIpc) is 3.09. The number of hydrogen-bond acceptors (Lipinski definition) is 4. The molecule has 0 aliphatic heterocycles. The molecule has 3 rings (SSSR count). The van der Waals surface area contributed by atoms with Gasteiger partial charge in [0.15, 0.2) is 0 Å². The summed E-state index contributed by atoms with van der Waals surface area (Å²) in [7, 11) is -3.60. The summed E-state index contributed by atoms with van der Waals surface area (Å²) in [6, 6.07) is 9.94. The lowest BCUT2D eigenvalue weighted by Crippen LogP contribution is -2.28. The SMILES string of the molecule is Cc1ccc(-c2nc(CCNS(=O)(=O)c3c(C)c(C)cc(C)c3C)co2)cc1. The molecule has 0 saturated carbocycles. The molecule has 5 nitrogen and oxygen atoms in total. The maximum absolute atomic E-state index is 12.9. The Morgan fingerprint density at radius 2 is 1.57 bits per heavy atom. The molecule has 0 aliphatic rings. The van der Waals surface area contributed by atoms with E-state index in [4.69, 9.17) is 4.42 Å². The van der Waals surface area contributed by atoms with Crippen LogP contribution in [0, 0.1) is 34.6 Å². The van der Waals surface area contributed by atoms with Crippen molar-refractivity contribution in [2.45, 2.75) is 45.9 Å². The van der Waals surface area contributed by atoms with E-state index in [1.54, 1.807) is 6.26 Å². The van der Waals surface area contributed by atoms with Gasteiger partial charge >= 0.3 is 0 Å². The Hall–Kier alpha value is -2.44.